The molecule has 4 nitrogen and oxygen atoms in total. The van der Waals surface area contributed by atoms with Crippen LogP contribution in [0, 0.1) is 0 Å². The predicted molar refractivity (Wildman–Crippen MR) is 90.8 cm³/mol. The van der Waals surface area contributed by atoms with E-state index in [-0.39, 0.29) is 5.91 Å². The van der Waals surface area contributed by atoms with Crippen LogP contribution in [0.2, 0.25) is 0 Å². The Labute approximate surface area is 136 Å². The first-order chi connectivity index (χ1) is 10.7. The number of carbonyl (C=O) groups excluding carboxylic acids is 1. The van der Waals surface area contributed by atoms with Crippen LogP contribution in [0.4, 0.5) is 0 Å². The Balaban J connectivity index is 1.92. The van der Waals surface area contributed by atoms with Crippen LogP contribution in [-0.2, 0) is 11.2 Å². The molecule has 22 heavy (non-hydrogen) atoms. The Kier molecular flexibility index (Phi) is 6.52. The highest BCUT2D eigenvalue weighted by atomic mass is 32.1. The van der Waals surface area contributed by atoms with Crippen LogP contribution in [0.25, 0.3) is 11.3 Å². The fourth-order valence-electron chi connectivity index (χ4n) is 2.35. The quantitative estimate of drug-likeness (QED) is 0.744. The van der Waals surface area contributed by atoms with E-state index < -0.39 is 0 Å². The third kappa shape index (κ3) is 4.63. The zero-order valence-electron chi connectivity index (χ0n) is 13.3. The number of aryl methyl sites for hydroxylation is 1. The van der Waals surface area contributed by atoms with Crippen LogP contribution in [0.3, 0.4) is 0 Å². The minimum atomic E-state index is 0.240. The van der Waals surface area contributed by atoms with Crippen molar-refractivity contribution in [2.75, 3.05) is 13.1 Å². The Morgan fingerprint density at radius 3 is 2.50 bits per heavy atom. The van der Waals surface area contributed by atoms with E-state index in [0.717, 1.165) is 48.6 Å². The van der Waals surface area contributed by atoms with E-state index in [0.29, 0.717) is 6.42 Å². The summed E-state index contributed by atoms with van der Waals surface area (Å²) in [6.07, 6.45) is 6.82. The Morgan fingerprint density at radius 1 is 1.18 bits per heavy atom. The van der Waals surface area contributed by atoms with Gasteiger partial charge in [0.2, 0.25) is 5.91 Å². The molecule has 0 aliphatic carbocycles. The topological polar surface area (TPSA) is 46.1 Å². The number of rotatable bonds is 8. The molecule has 0 atom stereocenters. The van der Waals surface area contributed by atoms with Crippen molar-refractivity contribution in [3.8, 4) is 11.3 Å². The molecule has 1 amide bonds. The summed E-state index contributed by atoms with van der Waals surface area (Å²) in [6, 6.07) is 3.91. The lowest BCUT2D eigenvalue weighted by molar-refractivity contribution is -0.131. The van der Waals surface area contributed by atoms with E-state index in [2.05, 4.69) is 23.8 Å². The lowest BCUT2D eigenvalue weighted by Crippen LogP contribution is -2.32. The van der Waals surface area contributed by atoms with Gasteiger partial charge in [-0.1, -0.05) is 13.8 Å². The maximum atomic E-state index is 12.3. The van der Waals surface area contributed by atoms with E-state index >= 15 is 0 Å². The maximum absolute atomic E-state index is 12.3. The summed E-state index contributed by atoms with van der Waals surface area (Å²) >= 11 is 1.62. The predicted octanol–water partition coefficient (Wildman–Crippen LogP) is 3.79. The van der Waals surface area contributed by atoms with Crippen LogP contribution in [0.5, 0.6) is 0 Å². The largest absolute Gasteiger partial charge is 0.343 e. The number of pyridine rings is 1. The highest BCUT2D eigenvalue weighted by Crippen LogP contribution is 2.22. The van der Waals surface area contributed by atoms with Crippen LogP contribution in [0.15, 0.2) is 29.9 Å². The average Bonchev–Trinajstić information content (AvgIpc) is 3.02. The lowest BCUT2D eigenvalue weighted by atomic mass is 10.2. The number of nitrogens with zero attached hydrogens (tertiary/aromatic N) is 3. The van der Waals surface area contributed by atoms with Crippen LogP contribution >= 0.6 is 11.3 Å². The van der Waals surface area contributed by atoms with Gasteiger partial charge in [0.15, 0.2) is 0 Å². The zero-order valence-corrected chi connectivity index (χ0v) is 14.1. The molecule has 2 aromatic rings. The molecule has 0 saturated heterocycles. The van der Waals surface area contributed by atoms with E-state index in [1.54, 1.807) is 23.7 Å². The van der Waals surface area contributed by atoms with Gasteiger partial charge in [0.25, 0.3) is 0 Å². The monoisotopic (exact) mass is 317 g/mol. The molecule has 0 aliphatic heterocycles. The van der Waals surface area contributed by atoms with Gasteiger partial charge in [-0.25, -0.2) is 4.98 Å². The molecule has 0 aliphatic rings. The van der Waals surface area contributed by atoms with Crippen molar-refractivity contribution in [2.24, 2.45) is 0 Å². The summed E-state index contributed by atoms with van der Waals surface area (Å²) in [5.74, 6) is 0.240. The van der Waals surface area contributed by atoms with E-state index in [4.69, 9.17) is 0 Å². The molecular weight excluding hydrogens is 294 g/mol. The number of hydrogen-bond donors (Lipinski definition) is 0. The standard InChI is InChI=1S/C17H23N3OS/c1-3-11-20(12-4-2)17(21)6-5-16-19-15(13-22-16)14-7-9-18-10-8-14/h7-10,13H,3-6,11-12H2,1-2H3. The van der Waals surface area contributed by atoms with Gasteiger partial charge < -0.3 is 4.90 Å². The van der Waals surface area contributed by atoms with E-state index in [1.165, 1.54) is 0 Å². The van der Waals surface area contributed by atoms with Gasteiger partial charge in [-0.15, -0.1) is 11.3 Å². The molecule has 0 fully saturated rings. The van der Waals surface area contributed by atoms with Crippen LogP contribution < -0.4 is 0 Å². The molecule has 2 aromatic heterocycles. The summed E-state index contributed by atoms with van der Waals surface area (Å²) in [6.45, 7) is 5.93. The fourth-order valence-corrected chi connectivity index (χ4v) is 3.16. The first-order valence-corrected chi connectivity index (χ1v) is 8.75. The minimum Gasteiger partial charge on any atom is -0.343 e. The molecule has 5 heteroatoms. The van der Waals surface area contributed by atoms with Crippen molar-refractivity contribution in [3.63, 3.8) is 0 Å². The number of thiazole rings is 1. The maximum Gasteiger partial charge on any atom is 0.222 e. The van der Waals surface area contributed by atoms with Gasteiger partial charge in [-0.2, -0.15) is 0 Å². The highest BCUT2D eigenvalue weighted by Gasteiger charge is 2.13. The molecular formula is C17H23N3OS. The second kappa shape index (κ2) is 8.63. The normalized spacial score (nSPS) is 10.6. The second-order valence-corrected chi connectivity index (χ2v) is 6.19. The average molecular weight is 317 g/mol. The van der Waals surface area contributed by atoms with Gasteiger partial charge in [-0.3, -0.25) is 9.78 Å². The zero-order chi connectivity index (χ0) is 15.8. The van der Waals surface area contributed by atoms with Crippen LogP contribution in [-0.4, -0.2) is 33.9 Å². The molecule has 0 bridgehead atoms. The third-order valence-corrected chi connectivity index (χ3v) is 4.33. The third-order valence-electron chi connectivity index (χ3n) is 3.42. The second-order valence-electron chi connectivity index (χ2n) is 5.24. The molecule has 0 spiro atoms. The molecule has 0 radical (unpaired) electrons. The van der Waals surface area contributed by atoms with Gasteiger partial charge in [-0.05, 0) is 25.0 Å². The molecule has 2 rings (SSSR count). The summed E-state index contributed by atoms with van der Waals surface area (Å²) in [7, 11) is 0. The van der Waals surface area contributed by atoms with E-state index in [1.807, 2.05) is 22.4 Å². The lowest BCUT2D eigenvalue weighted by Gasteiger charge is -2.21. The van der Waals surface area contributed by atoms with Gasteiger partial charge in [0, 0.05) is 49.3 Å². The molecule has 0 N–H and O–H groups in total. The van der Waals surface area contributed by atoms with E-state index in [9.17, 15) is 4.79 Å². The minimum absolute atomic E-state index is 0.240. The molecule has 0 aromatic carbocycles. The van der Waals surface area contributed by atoms with Crippen molar-refractivity contribution in [3.05, 3.63) is 34.9 Å². The van der Waals surface area contributed by atoms with Crippen molar-refractivity contribution >= 4 is 17.2 Å². The molecule has 118 valence electrons. The molecule has 2 heterocycles. The van der Waals surface area contributed by atoms with Gasteiger partial charge >= 0.3 is 0 Å². The fraction of sp³-hybridized carbons (Fsp3) is 0.471. The van der Waals surface area contributed by atoms with Crippen molar-refractivity contribution in [1.82, 2.24) is 14.9 Å². The molecule has 0 saturated carbocycles. The van der Waals surface area contributed by atoms with Gasteiger partial charge in [0.05, 0.1) is 10.7 Å². The highest BCUT2D eigenvalue weighted by molar-refractivity contribution is 7.09. The van der Waals surface area contributed by atoms with Crippen molar-refractivity contribution in [1.29, 1.82) is 0 Å². The number of amides is 1. The van der Waals surface area contributed by atoms with Crippen molar-refractivity contribution < 1.29 is 4.79 Å². The van der Waals surface area contributed by atoms with Gasteiger partial charge in [0.1, 0.15) is 0 Å². The summed E-state index contributed by atoms with van der Waals surface area (Å²) in [5.41, 5.74) is 2.04. The Morgan fingerprint density at radius 2 is 1.86 bits per heavy atom. The SMILES string of the molecule is CCCN(CCC)C(=O)CCc1nc(-c2ccncc2)cs1. The number of hydrogen-bond acceptors (Lipinski definition) is 4. The van der Waals surface area contributed by atoms with Crippen molar-refractivity contribution in [2.45, 2.75) is 39.5 Å². The van der Waals surface area contributed by atoms with Crippen LogP contribution in [0.1, 0.15) is 38.1 Å². The summed E-state index contributed by atoms with van der Waals surface area (Å²) < 4.78 is 0. The number of aromatic nitrogens is 2. The summed E-state index contributed by atoms with van der Waals surface area (Å²) in [5, 5.41) is 3.07. The Bertz CT molecular complexity index is 577. The number of carbonyl (C=O) groups is 1. The molecule has 0 unspecified atom stereocenters. The smallest absolute Gasteiger partial charge is 0.222 e. The first-order valence-electron chi connectivity index (χ1n) is 7.87. The first kappa shape index (κ1) is 16.6. The summed E-state index contributed by atoms with van der Waals surface area (Å²) in [4.78, 5) is 22.9. The Hall–Kier alpha value is -1.75.